The first-order valence-electron chi connectivity index (χ1n) is 11.5. The number of benzene rings is 2. The highest BCUT2D eigenvalue weighted by Crippen LogP contribution is 2.16. The summed E-state index contributed by atoms with van der Waals surface area (Å²) in [5.74, 6) is 1.61. The van der Waals surface area contributed by atoms with Gasteiger partial charge in [-0.2, -0.15) is 0 Å². The zero-order valence-electron chi connectivity index (χ0n) is 19.4. The maximum atomic E-state index is 10.3. The molecule has 2 aromatic carbocycles. The molecule has 33 heavy (non-hydrogen) atoms. The standard InChI is InChI=1S/C25H36N4O3.HI/c1-2-26-25(27-12-11-24(30)22-8-4-3-5-9-22)28-20-21-7-6-10-23(19-21)32-18-15-29-13-16-31-17-14-29;/h3-10,19,24,30H,2,11-18,20H2,1H3,(H2,26,27,28);1H. The molecular formula is C25H37IN4O3. The van der Waals surface area contributed by atoms with Crippen LogP contribution in [0.15, 0.2) is 59.6 Å². The number of morpholine rings is 1. The third-order valence-electron chi connectivity index (χ3n) is 5.34. The highest BCUT2D eigenvalue weighted by molar-refractivity contribution is 14.0. The lowest BCUT2D eigenvalue weighted by molar-refractivity contribution is 0.0322. The first-order chi connectivity index (χ1) is 15.7. The Kier molecular flexibility index (Phi) is 13.2. The summed E-state index contributed by atoms with van der Waals surface area (Å²) < 4.78 is 11.3. The molecule has 3 rings (SSSR count). The Morgan fingerprint density at radius 1 is 1.12 bits per heavy atom. The van der Waals surface area contributed by atoms with Crippen LogP contribution in [0, 0.1) is 0 Å². The Labute approximate surface area is 214 Å². The van der Waals surface area contributed by atoms with Crippen LogP contribution in [0.25, 0.3) is 0 Å². The van der Waals surface area contributed by atoms with Gasteiger partial charge < -0.3 is 25.2 Å². The van der Waals surface area contributed by atoms with E-state index in [1.807, 2.05) is 55.5 Å². The van der Waals surface area contributed by atoms with Gasteiger partial charge in [-0.15, -0.1) is 24.0 Å². The normalized spacial score (nSPS) is 15.4. The van der Waals surface area contributed by atoms with Crippen molar-refractivity contribution in [3.05, 3.63) is 65.7 Å². The fraction of sp³-hybridized carbons (Fsp3) is 0.480. The fourth-order valence-corrected chi connectivity index (χ4v) is 3.53. The number of hydrogen-bond donors (Lipinski definition) is 3. The quantitative estimate of drug-likeness (QED) is 0.220. The summed E-state index contributed by atoms with van der Waals surface area (Å²) in [7, 11) is 0. The number of aliphatic imine (C=N–C) groups is 1. The lowest BCUT2D eigenvalue weighted by Crippen LogP contribution is -2.38. The number of aliphatic hydroxyl groups excluding tert-OH is 1. The minimum Gasteiger partial charge on any atom is -0.492 e. The van der Waals surface area contributed by atoms with Crippen molar-refractivity contribution in [2.24, 2.45) is 4.99 Å². The average molecular weight is 569 g/mol. The largest absolute Gasteiger partial charge is 0.492 e. The van der Waals surface area contributed by atoms with Crippen LogP contribution in [0.5, 0.6) is 5.75 Å². The van der Waals surface area contributed by atoms with Crippen LogP contribution in [-0.2, 0) is 11.3 Å². The molecule has 1 aliphatic rings. The highest BCUT2D eigenvalue weighted by Gasteiger charge is 2.10. The van der Waals surface area contributed by atoms with Crippen molar-refractivity contribution in [3.63, 3.8) is 0 Å². The highest BCUT2D eigenvalue weighted by atomic mass is 127. The summed E-state index contributed by atoms with van der Waals surface area (Å²) in [6.45, 7) is 9.14. The molecule has 1 fully saturated rings. The molecule has 2 aromatic rings. The molecule has 1 aliphatic heterocycles. The molecule has 1 saturated heterocycles. The summed E-state index contributed by atoms with van der Waals surface area (Å²) in [6.07, 6.45) is 0.124. The minimum atomic E-state index is -0.488. The monoisotopic (exact) mass is 568 g/mol. The van der Waals surface area contributed by atoms with Gasteiger partial charge in [0, 0.05) is 32.7 Å². The van der Waals surface area contributed by atoms with Gasteiger partial charge in [0.1, 0.15) is 12.4 Å². The molecule has 0 saturated carbocycles. The second-order valence-corrected chi connectivity index (χ2v) is 7.79. The van der Waals surface area contributed by atoms with Gasteiger partial charge in [0.25, 0.3) is 0 Å². The fourth-order valence-electron chi connectivity index (χ4n) is 3.53. The van der Waals surface area contributed by atoms with Gasteiger partial charge >= 0.3 is 0 Å². The predicted molar refractivity (Wildman–Crippen MR) is 143 cm³/mol. The maximum Gasteiger partial charge on any atom is 0.191 e. The van der Waals surface area contributed by atoms with E-state index in [9.17, 15) is 5.11 Å². The molecule has 1 heterocycles. The molecular weight excluding hydrogens is 531 g/mol. The van der Waals surface area contributed by atoms with Gasteiger partial charge in [-0.1, -0.05) is 42.5 Å². The maximum absolute atomic E-state index is 10.3. The van der Waals surface area contributed by atoms with Crippen LogP contribution in [0.4, 0.5) is 0 Å². The van der Waals surface area contributed by atoms with Crippen LogP contribution in [0.1, 0.15) is 30.6 Å². The number of halogens is 1. The molecule has 0 spiro atoms. The Hall–Kier alpha value is -1.88. The lowest BCUT2D eigenvalue weighted by Gasteiger charge is -2.26. The number of nitrogens with one attached hydrogen (secondary N) is 2. The van der Waals surface area contributed by atoms with E-state index in [4.69, 9.17) is 9.47 Å². The van der Waals surface area contributed by atoms with E-state index >= 15 is 0 Å². The van der Waals surface area contributed by atoms with Gasteiger partial charge in [0.2, 0.25) is 0 Å². The van der Waals surface area contributed by atoms with Crippen molar-refractivity contribution in [2.45, 2.75) is 26.0 Å². The van der Waals surface area contributed by atoms with E-state index in [-0.39, 0.29) is 24.0 Å². The van der Waals surface area contributed by atoms with Crippen LogP contribution in [0.2, 0.25) is 0 Å². The first kappa shape index (κ1) is 27.4. The van der Waals surface area contributed by atoms with Crippen molar-refractivity contribution in [3.8, 4) is 5.75 Å². The van der Waals surface area contributed by atoms with Crippen molar-refractivity contribution in [1.29, 1.82) is 0 Å². The molecule has 0 aliphatic carbocycles. The minimum absolute atomic E-state index is 0. The molecule has 7 nitrogen and oxygen atoms in total. The molecule has 1 atom stereocenters. The molecule has 8 heteroatoms. The summed E-state index contributed by atoms with van der Waals surface area (Å²) in [4.78, 5) is 7.05. The Morgan fingerprint density at radius 3 is 2.67 bits per heavy atom. The topological polar surface area (TPSA) is 78.4 Å². The SMILES string of the molecule is CCNC(=NCc1cccc(OCCN2CCOCC2)c1)NCCC(O)c1ccccc1.I. The molecule has 182 valence electrons. The van der Waals surface area contributed by atoms with Gasteiger partial charge in [-0.25, -0.2) is 4.99 Å². The number of aliphatic hydroxyl groups is 1. The zero-order valence-corrected chi connectivity index (χ0v) is 21.7. The van der Waals surface area contributed by atoms with E-state index in [1.165, 1.54) is 0 Å². The van der Waals surface area contributed by atoms with Crippen molar-refractivity contribution >= 4 is 29.9 Å². The Balaban J connectivity index is 0.00000385. The van der Waals surface area contributed by atoms with E-state index in [1.54, 1.807) is 0 Å². The Morgan fingerprint density at radius 2 is 1.91 bits per heavy atom. The van der Waals surface area contributed by atoms with Crippen LogP contribution in [0.3, 0.4) is 0 Å². The molecule has 0 amide bonds. The third kappa shape index (κ3) is 10.3. The number of ether oxygens (including phenoxy) is 2. The van der Waals surface area contributed by atoms with E-state index < -0.39 is 6.10 Å². The zero-order chi connectivity index (χ0) is 22.4. The van der Waals surface area contributed by atoms with Crippen molar-refractivity contribution in [2.75, 3.05) is 52.5 Å². The predicted octanol–water partition coefficient (Wildman–Crippen LogP) is 3.19. The molecule has 0 radical (unpaired) electrons. The second-order valence-electron chi connectivity index (χ2n) is 7.79. The van der Waals surface area contributed by atoms with Gasteiger partial charge in [-0.05, 0) is 36.6 Å². The van der Waals surface area contributed by atoms with Crippen LogP contribution >= 0.6 is 24.0 Å². The lowest BCUT2D eigenvalue weighted by atomic mass is 10.1. The molecule has 0 aromatic heterocycles. The molecule has 3 N–H and O–H groups in total. The molecule has 0 bridgehead atoms. The summed E-state index contributed by atoms with van der Waals surface area (Å²) >= 11 is 0. The number of hydrogen-bond acceptors (Lipinski definition) is 5. The summed E-state index contributed by atoms with van der Waals surface area (Å²) in [6, 6.07) is 17.8. The number of guanidine groups is 1. The Bertz CT molecular complexity index is 816. The van der Waals surface area contributed by atoms with Crippen LogP contribution in [-0.4, -0.2) is 68.5 Å². The van der Waals surface area contributed by atoms with E-state index in [0.29, 0.717) is 26.1 Å². The molecule has 1 unspecified atom stereocenters. The third-order valence-corrected chi connectivity index (χ3v) is 5.34. The summed E-state index contributed by atoms with van der Waals surface area (Å²) in [5.41, 5.74) is 2.03. The smallest absolute Gasteiger partial charge is 0.191 e. The first-order valence-corrected chi connectivity index (χ1v) is 11.5. The van der Waals surface area contributed by atoms with Crippen LogP contribution < -0.4 is 15.4 Å². The number of rotatable bonds is 11. The van der Waals surface area contributed by atoms with Gasteiger partial charge in [-0.3, -0.25) is 4.90 Å². The van der Waals surface area contributed by atoms with E-state index in [2.05, 4.69) is 26.6 Å². The second kappa shape index (κ2) is 15.9. The van der Waals surface area contributed by atoms with Gasteiger partial charge in [0.05, 0.1) is 25.9 Å². The van der Waals surface area contributed by atoms with E-state index in [0.717, 1.165) is 62.2 Å². The van der Waals surface area contributed by atoms with Crippen molar-refractivity contribution in [1.82, 2.24) is 15.5 Å². The van der Waals surface area contributed by atoms with Gasteiger partial charge in [0.15, 0.2) is 5.96 Å². The average Bonchev–Trinajstić information content (AvgIpc) is 2.84. The number of nitrogens with zero attached hydrogens (tertiary/aromatic N) is 2. The van der Waals surface area contributed by atoms with Crippen molar-refractivity contribution < 1.29 is 14.6 Å². The summed E-state index contributed by atoms with van der Waals surface area (Å²) in [5, 5.41) is 16.9.